The van der Waals surface area contributed by atoms with Crippen molar-refractivity contribution in [2.45, 2.75) is 39.0 Å². The average Bonchev–Trinajstić information content (AvgIpc) is 3.47. The topological polar surface area (TPSA) is 121 Å². The maximum Gasteiger partial charge on any atom is 0.278 e. The third kappa shape index (κ3) is 3.45. The summed E-state index contributed by atoms with van der Waals surface area (Å²) in [5.74, 6) is -1.51. The molecule has 34 heavy (non-hydrogen) atoms. The molecule has 9 nitrogen and oxygen atoms in total. The number of carbonyl (C=O) groups excluding carboxylic acids is 3. The lowest BCUT2D eigenvalue weighted by molar-refractivity contribution is -0.121. The summed E-state index contributed by atoms with van der Waals surface area (Å²) < 4.78 is 1.31. The van der Waals surface area contributed by atoms with Gasteiger partial charge in [0.05, 0.1) is 28.2 Å². The van der Waals surface area contributed by atoms with E-state index >= 15 is 0 Å². The monoisotopic (exact) mass is 457 g/mol. The van der Waals surface area contributed by atoms with Crippen LogP contribution in [0.25, 0.3) is 17.0 Å². The molecule has 3 heterocycles. The zero-order valence-electron chi connectivity index (χ0n) is 18.8. The number of ketones is 1. The number of rotatable bonds is 6. The van der Waals surface area contributed by atoms with E-state index in [0.717, 1.165) is 16.8 Å². The fourth-order valence-electron chi connectivity index (χ4n) is 4.46. The molecule has 1 aliphatic rings. The number of fused-ring (bicyclic) bond motifs is 1. The summed E-state index contributed by atoms with van der Waals surface area (Å²) in [6.45, 7) is 3.43. The number of aromatic amines is 2. The quantitative estimate of drug-likeness (QED) is 0.340. The number of anilines is 1. The number of carbonyl (C=O) groups is 3. The molecule has 4 aromatic rings. The summed E-state index contributed by atoms with van der Waals surface area (Å²) in [7, 11) is 0. The molecule has 1 fully saturated rings. The van der Waals surface area contributed by atoms with Gasteiger partial charge in [0.1, 0.15) is 0 Å². The number of imidazole rings is 1. The van der Waals surface area contributed by atoms with Crippen LogP contribution in [0.5, 0.6) is 0 Å². The van der Waals surface area contributed by atoms with Crippen molar-refractivity contribution in [2.24, 2.45) is 0 Å². The number of nitrogens with one attached hydrogen (secondary N) is 2. The standard InChI is InChI=1S/C25H23N5O4/c1-3-6-20-22(24(34)30(28-20)25-26-18-7-4-5-8-19(18)27-25)17-13-21(32)29(23(17)33)16-11-9-15(10-12-16)14(2)31/h4-5,7-12,17,28H,3,6,13H2,1-2H3,(H,26,27). The van der Waals surface area contributed by atoms with Crippen LogP contribution in [0.3, 0.4) is 0 Å². The van der Waals surface area contributed by atoms with Crippen molar-refractivity contribution < 1.29 is 14.4 Å². The molecule has 2 N–H and O–H groups in total. The Morgan fingerprint density at radius 2 is 1.82 bits per heavy atom. The van der Waals surface area contributed by atoms with Crippen LogP contribution in [0, 0.1) is 0 Å². The molecule has 2 aromatic heterocycles. The number of aromatic nitrogens is 4. The molecule has 0 radical (unpaired) electrons. The van der Waals surface area contributed by atoms with E-state index in [4.69, 9.17) is 0 Å². The summed E-state index contributed by atoms with van der Waals surface area (Å²) in [6.07, 6.45) is 1.19. The molecule has 0 aliphatic carbocycles. The van der Waals surface area contributed by atoms with Crippen LogP contribution in [0.4, 0.5) is 5.69 Å². The molecule has 1 atom stereocenters. The highest BCUT2D eigenvalue weighted by molar-refractivity contribution is 6.22. The van der Waals surface area contributed by atoms with Gasteiger partial charge in [-0.15, -0.1) is 0 Å². The molecule has 2 amide bonds. The maximum atomic E-state index is 13.5. The van der Waals surface area contributed by atoms with E-state index in [-0.39, 0.29) is 18.1 Å². The lowest BCUT2D eigenvalue weighted by atomic mass is 9.96. The zero-order chi connectivity index (χ0) is 24.0. The van der Waals surface area contributed by atoms with E-state index in [1.54, 1.807) is 24.3 Å². The number of amides is 2. The number of nitrogens with zero attached hydrogens (tertiary/aromatic N) is 3. The van der Waals surface area contributed by atoms with E-state index in [1.165, 1.54) is 11.6 Å². The van der Waals surface area contributed by atoms with Gasteiger partial charge in [-0.05, 0) is 49.7 Å². The van der Waals surface area contributed by atoms with Crippen molar-refractivity contribution in [3.63, 3.8) is 0 Å². The lowest BCUT2D eigenvalue weighted by Gasteiger charge is -2.15. The Labute approximate surface area is 194 Å². The summed E-state index contributed by atoms with van der Waals surface area (Å²) in [6, 6.07) is 13.7. The molecular formula is C25H23N5O4. The van der Waals surface area contributed by atoms with Gasteiger partial charge in [0, 0.05) is 17.7 Å². The number of benzene rings is 2. The van der Waals surface area contributed by atoms with Gasteiger partial charge >= 0.3 is 0 Å². The summed E-state index contributed by atoms with van der Waals surface area (Å²) >= 11 is 0. The first-order chi connectivity index (χ1) is 16.4. The molecule has 2 aromatic carbocycles. The molecule has 172 valence electrons. The van der Waals surface area contributed by atoms with E-state index in [1.807, 2.05) is 31.2 Å². The van der Waals surface area contributed by atoms with E-state index < -0.39 is 17.4 Å². The van der Waals surface area contributed by atoms with Crippen LogP contribution in [0.1, 0.15) is 54.2 Å². The fourth-order valence-corrected chi connectivity index (χ4v) is 4.46. The van der Waals surface area contributed by atoms with Crippen LogP contribution in [-0.2, 0) is 16.0 Å². The summed E-state index contributed by atoms with van der Waals surface area (Å²) in [4.78, 5) is 60.0. The number of aryl methyl sites for hydroxylation is 1. The van der Waals surface area contributed by atoms with Crippen LogP contribution >= 0.6 is 0 Å². The first kappa shape index (κ1) is 21.6. The van der Waals surface area contributed by atoms with E-state index in [9.17, 15) is 19.2 Å². The average molecular weight is 457 g/mol. The van der Waals surface area contributed by atoms with Crippen LogP contribution < -0.4 is 10.5 Å². The van der Waals surface area contributed by atoms with Gasteiger partial charge in [0.2, 0.25) is 17.8 Å². The van der Waals surface area contributed by atoms with Gasteiger partial charge in [0.25, 0.3) is 5.56 Å². The third-order valence-electron chi connectivity index (χ3n) is 6.12. The molecule has 0 bridgehead atoms. The predicted octanol–water partition coefficient (Wildman–Crippen LogP) is 3.24. The SMILES string of the molecule is CCCc1[nH]n(-c2nc3ccccc3[nH]2)c(=O)c1C1CC(=O)N(c2ccc(C(C)=O)cc2)C1=O. The minimum absolute atomic E-state index is 0.1000. The Kier molecular flexibility index (Phi) is 5.24. The maximum absolute atomic E-state index is 13.5. The van der Waals surface area contributed by atoms with Gasteiger partial charge in [-0.1, -0.05) is 25.5 Å². The Hall–Kier alpha value is -4.27. The summed E-state index contributed by atoms with van der Waals surface area (Å²) in [5.41, 5.74) is 2.88. The minimum Gasteiger partial charge on any atom is -0.322 e. The van der Waals surface area contributed by atoms with Gasteiger partial charge in [-0.25, -0.2) is 4.98 Å². The highest BCUT2D eigenvalue weighted by atomic mass is 16.2. The Balaban J connectivity index is 1.55. The lowest BCUT2D eigenvalue weighted by Crippen LogP contribution is -2.31. The zero-order valence-corrected chi connectivity index (χ0v) is 18.8. The number of imide groups is 1. The number of H-pyrrole nitrogens is 2. The third-order valence-corrected chi connectivity index (χ3v) is 6.12. The number of Topliss-reactive ketones (excluding diaryl/α,β-unsaturated/α-hetero) is 1. The van der Waals surface area contributed by atoms with Crippen molar-refractivity contribution in [3.8, 4) is 5.95 Å². The van der Waals surface area contributed by atoms with Crippen molar-refractivity contribution in [1.29, 1.82) is 0 Å². The highest BCUT2D eigenvalue weighted by Gasteiger charge is 2.43. The van der Waals surface area contributed by atoms with Crippen LogP contribution in [-0.4, -0.2) is 37.3 Å². The van der Waals surface area contributed by atoms with Gasteiger partial charge < -0.3 is 4.98 Å². The van der Waals surface area contributed by atoms with Gasteiger partial charge in [0.15, 0.2) is 5.78 Å². The fraction of sp³-hybridized carbons (Fsp3) is 0.240. The first-order valence-electron chi connectivity index (χ1n) is 11.2. The molecule has 5 rings (SSSR count). The molecule has 9 heteroatoms. The number of hydrogen-bond donors (Lipinski definition) is 2. The smallest absolute Gasteiger partial charge is 0.278 e. The number of para-hydroxylation sites is 2. The Bertz CT molecular complexity index is 1460. The molecule has 1 unspecified atom stereocenters. The first-order valence-corrected chi connectivity index (χ1v) is 11.2. The summed E-state index contributed by atoms with van der Waals surface area (Å²) in [5, 5.41) is 3.11. The second kappa shape index (κ2) is 8.26. The minimum atomic E-state index is -0.893. The molecular weight excluding hydrogens is 434 g/mol. The highest BCUT2D eigenvalue weighted by Crippen LogP contribution is 2.34. The Morgan fingerprint density at radius 1 is 1.09 bits per heavy atom. The molecule has 1 saturated heterocycles. The molecule has 0 saturated carbocycles. The van der Waals surface area contributed by atoms with E-state index in [0.29, 0.717) is 40.4 Å². The van der Waals surface area contributed by atoms with Crippen molar-refractivity contribution in [3.05, 3.63) is 75.7 Å². The van der Waals surface area contributed by atoms with Crippen LogP contribution in [0.15, 0.2) is 53.3 Å². The number of hydrogen-bond acceptors (Lipinski definition) is 5. The van der Waals surface area contributed by atoms with Gasteiger partial charge in [-0.3, -0.25) is 29.2 Å². The van der Waals surface area contributed by atoms with E-state index in [2.05, 4.69) is 15.1 Å². The second-order valence-electron chi connectivity index (χ2n) is 8.40. The van der Waals surface area contributed by atoms with Crippen LogP contribution in [0.2, 0.25) is 0 Å². The Morgan fingerprint density at radius 3 is 2.50 bits per heavy atom. The largest absolute Gasteiger partial charge is 0.322 e. The predicted molar refractivity (Wildman–Crippen MR) is 126 cm³/mol. The van der Waals surface area contributed by atoms with Crippen molar-refractivity contribution >= 4 is 34.3 Å². The normalized spacial score (nSPS) is 16.1. The molecule has 0 spiro atoms. The van der Waals surface area contributed by atoms with Crippen molar-refractivity contribution in [2.75, 3.05) is 4.90 Å². The molecule has 1 aliphatic heterocycles. The van der Waals surface area contributed by atoms with Crippen molar-refractivity contribution in [1.82, 2.24) is 19.7 Å². The second-order valence-corrected chi connectivity index (χ2v) is 8.40. The van der Waals surface area contributed by atoms with Gasteiger partial charge in [-0.2, -0.15) is 4.68 Å².